The van der Waals surface area contributed by atoms with Crippen molar-refractivity contribution in [2.75, 3.05) is 24.6 Å². The van der Waals surface area contributed by atoms with Crippen LogP contribution in [0.2, 0.25) is 0 Å². The molecule has 9 heteroatoms. The number of hydrogen-bond acceptors (Lipinski definition) is 6. The van der Waals surface area contributed by atoms with E-state index in [9.17, 15) is 14.9 Å². The Bertz CT molecular complexity index is 561. The van der Waals surface area contributed by atoms with Crippen LogP contribution in [0.1, 0.15) is 12.6 Å². The molecular formula is C11H16N4O5. The predicted octanol–water partition coefficient (Wildman–Crippen LogP) is 0.317. The lowest BCUT2D eigenvalue weighted by Gasteiger charge is -2.47. The van der Waals surface area contributed by atoms with Gasteiger partial charge in [-0.05, 0) is 13.8 Å². The average molecular weight is 284 g/mol. The summed E-state index contributed by atoms with van der Waals surface area (Å²) in [6.45, 7) is 3.76. The first-order valence-corrected chi connectivity index (χ1v) is 6.02. The molecule has 1 N–H and O–H groups in total. The third-order valence-electron chi connectivity index (χ3n) is 3.24. The van der Waals surface area contributed by atoms with Crippen LogP contribution in [0.15, 0.2) is 0 Å². The Morgan fingerprint density at radius 1 is 1.60 bits per heavy atom. The van der Waals surface area contributed by atoms with Crippen LogP contribution in [0, 0.1) is 17.0 Å². The minimum atomic E-state index is -1.04. The molecule has 2 heterocycles. The molecule has 9 nitrogen and oxygen atoms in total. The first-order valence-electron chi connectivity index (χ1n) is 6.02. The molecule has 110 valence electrons. The molecule has 0 saturated carbocycles. The van der Waals surface area contributed by atoms with Gasteiger partial charge in [0.1, 0.15) is 17.9 Å². The van der Waals surface area contributed by atoms with E-state index >= 15 is 0 Å². The molecule has 1 aliphatic rings. The zero-order chi connectivity index (χ0) is 15.1. The fraction of sp³-hybridized carbons (Fsp3) is 0.636. The highest BCUT2D eigenvalue weighted by atomic mass is 16.6. The van der Waals surface area contributed by atoms with Crippen LogP contribution >= 0.6 is 0 Å². The Balaban J connectivity index is 2.13. The summed E-state index contributed by atoms with van der Waals surface area (Å²) < 4.78 is 6.75. The van der Waals surface area contributed by atoms with Crippen molar-refractivity contribution in [3.8, 4) is 0 Å². The molecule has 1 aromatic heterocycles. The molecule has 0 atom stereocenters. The number of nitrogens with zero attached hydrogens (tertiary/aromatic N) is 4. The summed E-state index contributed by atoms with van der Waals surface area (Å²) in [5, 5.41) is 23.8. The number of rotatable bonds is 5. The van der Waals surface area contributed by atoms with Gasteiger partial charge in [-0.3, -0.25) is 10.1 Å². The van der Waals surface area contributed by atoms with Crippen molar-refractivity contribution in [2.45, 2.75) is 19.4 Å². The number of carboxylic acids is 1. The Morgan fingerprint density at radius 3 is 2.70 bits per heavy atom. The molecule has 1 aliphatic heterocycles. The van der Waals surface area contributed by atoms with Crippen molar-refractivity contribution in [3.05, 3.63) is 15.8 Å². The highest BCUT2D eigenvalue weighted by molar-refractivity contribution is 5.68. The van der Waals surface area contributed by atoms with Crippen molar-refractivity contribution in [1.82, 2.24) is 9.78 Å². The Labute approximate surface area is 114 Å². The summed E-state index contributed by atoms with van der Waals surface area (Å²) in [4.78, 5) is 22.9. The van der Waals surface area contributed by atoms with Gasteiger partial charge in [0.15, 0.2) is 0 Å². The topological polar surface area (TPSA) is 111 Å². The van der Waals surface area contributed by atoms with Crippen LogP contribution < -0.4 is 4.90 Å². The second-order valence-corrected chi connectivity index (χ2v) is 5.13. The molecule has 0 spiro atoms. The van der Waals surface area contributed by atoms with Crippen LogP contribution in [0.5, 0.6) is 0 Å². The van der Waals surface area contributed by atoms with Gasteiger partial charge in [0.2, 0.25) is 5.82 Å². The van der Waals surface area contributed by atoms with Gasteiger partial charge < -0.3 is 14.7 Å². The monoisotopic (exact) mass is 284 g/mol. The van der Waals surface area contributed by atoms with E-state index in [-0.39, 0.29) is 12.3 Å². The number of aryl methyl sites for hydroxylation is 2. The number of carbonyl (C=O) groups is 1. The lowest BCUT2D eigenvalue weighted by Crippen LogP contribution is -2.62. The quantitative estimate of drug-likeness (QED) is 0.612. The summed E-state index contributed by atoms with van der Waals surface area (Å²) in [5.41, 5.74) is -0.273. The summed E-state index contributed by atoms with van der Waals surface area (Å²) >= 11 is 0. The molecule has 1 saturated heterocycles. The third kappa shape index (κ3) is 2.44. The van der Waals surface area contributed by atoms with E-state index in [0.29, 0.717) is 24.6 Å². The second-order valence-electron chi connectivity index (χ2n) is 5.13. The number of nitro groups is 1. The van der Waals surface area contributed by atoms with Crippen molar-refractivity contribution >= 4 is 17.5 Å². The fourth-order valence-corrected chi connectivity index (χ4v) is 2.44. The maximum absolute atomic E-state index is 11.1. The maximum Gasteiger partial charge on any atom is 0.333 e. The Hall–Kier alpha value is -2.16. The van der Waals surface area contributed by atoms with Crippen LogP contribution in [0.4, 0.5) is 11.5 Å². The number of ether oxygens (including phenoxy) is 1. The van der Waals surface area contributed by atoms with Crippen molar-refractivity contribution in [3.63, 3.8) is 0 Å². The van der Waals surface area contributed by atoms with Crippen molar-refractivity contribution < 1.29 is 19.6 Å². The SMILES string of the molecule is Cc1nn(C)c(N2CC(C)(OCC(=O)O)C2)c1[N+](=O)[O-]. The van der Waals surface area contributed by atoms with Crippen molar-refractivity contribution in [2.24, 2.45) is 7.05 Å². The van der Waals surface area contributed by atoms with Gasteiger partial charge in [0.25, 0.3) is 0 Å². The highest BCUT2D eigenvalue weighted by Gasteiger charge is 2.44. The number of carboxylic acid groups (broad SMARTS) is 1. The Kier molecular flexibility index (Phi) is 3.38. The molecule has 1 fully saturated rings. The number of anilines is 1. The van der Waals surface area contributed by atoms with E-state index in [1.807, 2.05) is 0 Å². The molecule has 0 amide bonds. The molecule has 20 heavy (non-hydrogen) atoms. The van der Waals surface area contributed by atoms with Gasteiger partial charge in [-0.15, -0.1) is 0 Å². The largest absolute Gasteiger partial charge is 0.480 e. The standard InChI is InChI=1S/C11H16N4O5/c1-7-9(15(18)19)10(13(3)12-7)14-5-11(2,6-14)20-4-8(16)17/h4-6H2,1-3H3,(H,16,17). The van der Waals surface area contributed by atoms with E-state index in [1.165, 1.54) is 4.68 Å². The molecule has 0 bridgehead atoms. The fourth-order valence-electron chi connectivity index (χ4n) is 2.44. The zero-order valence-electron chi connectivity index (χ0n) is 11.5. The normalized spacial score (nSPS) is 16.9. The van der Waals surface area contributed by atoms with E-state index < -0.39 is 16.5 Å². The molecule has 2 rings (SSSR count). The molecular weight excluding hydrogens is 268 g/mol. The minimum absolute atomic E-state index is 0.0206. The molecule has 0 radical (unpaired) electrons. The molecule has 1 aromatic rings. The summed E-state index contributed by atoms with van der Waals surface area (Å²) in [7, 11) is 1.64. The van der Waals surface area contributed by atoms with Gasteiger partial charge >= 0.3 is 11.7 Å². The summed E-state index contributed by atoms with van der Waals surface area (Å²) in [6, 6.07) is 0. The highest BCUT2D eigenvalue weighted by Crippen LogP contribution is 2.37. The summed E-state index contributed by atoms with van der Waals surface area (Å²) in [5.74, 6) is -0.615. The average Bonchev–Trinajstić information content (AvgIpc) is 2.57. The lowest BCUT2D eigenvalue weighted by atomic mass is 9.96. The van der Waals surface area contributed by atoms with Gasteiger partial charge in [-0.1, -0.05) is 0 Å². The van der Waals surface area contributed by atoms with E-state index in [4.69, 9.17) is 9.84 Å². The third-order valence-corrected chi connectivity index (χ3v) is 3.24. The van der Waals surface area contributed by atoms with E-state index in [0.717, 1.165) is 0 Å². The molecule has 0 aromatic carbocycles. The molecule has 0 unspecified atom stereocenters. The number of hydrogen-bond donors (Lipinski definition) is 1. The van der Waals surface area contributed by atoms with Gasteiger partial charge in [0, 0.05) is 7.05 Å². The second kappa shape index (κ2) is 4.75. The predicted molar refractivity (Wildman–Crippen MR) is 68.8 cm³/mol. The van der Waals surface area contributed by atoms with Crippen LogP contribution in [-0.2, 0) is 16.6 Å². The van der Waals surface area contributed by atoms with E-state index in [2.05, 4.69) is 5.10 Å². The van der Waals surface area contributed by atoms with Gasteiger partial charge in [-0.25, -0.2) is 9.48 Å². The number of aliphatic carboxylic acids is 1. The Morgan fingerprint density at radius 2 is 2.20 bits per heavy atom. The zero-order valence-corrected chi connectivity index (χ0v) is 11.5. The summed E-state index contributed by atoms with van der Waals surface area (Å²) in [6.07, 6.45) is 0. The minimum Gasteiger partial charge on any atom is -0.480 e. The first-order chi connectivity index (χ1) is 9.23. The van der Waals surface area contributed by atoms with Gasteiger partial charge in [0.05, 0.1) is 18.0 Å². The maximum atomic E-state index is 11.1. The van der Waals surface area contributed by atoms with Crippen LogP contribution in [0.25, 0.3) is 0 Å². The van der Waals surface area contributed by atoms with Gasteiger partial charge in [-0.2, -0.15) is 5.10 Å². The number of aromatic nitrogens is 2. The smallest absolute Gasteiger partial charge is 0.333 e. The van der Waals surface area contributed by atoms with Crippen molar-refractivity contribution in [1.29, 1.82) is 0 Å². The van der Waals surface area contributed by atoms with E-state index in [1.54, 1.807) is 25.8 Å². The van der Waals surface area contributed by atoms with Crippen LogP contribution in [-0.4, -0.2) is 51.1 Å². The van der Waals surface area contributed by atoms with Crippen LogP contribution in [0.3, 0.4) is 0 Å². The molecule has 0 aliphatic carbocycles. The first kappa shape index (κ1) is 14.3. The lowest BCUT2D eigenvalue weighted by molar-refractivity contribution is -0.384.